The highest BCUT2D eigenvalue weighted by Crippen LogP contribution is 2.14. The van der Waals surface area contributed by atoms with Crippen LogP contribution in [0.25, 0.3) is 0 Å². The summed E-state index contributed by atoms with van der Waals surface area (Å²) < 4.78 is 17.2. The Bertz CT molecular complexity index is 2140. The third-order valence-electron chi connectivity index (χ3n) is 13.9. The van der Waals surface area contributed by atoms with Gasteiger partial charge in [0.1, 0.15) is 24.2 Å². The Morgan fingerprint density at radius 3 is 1.61 bits per heavy atom. The van der Waals surface area contributed by atoms with E-state index >= 15 is 0 Å². The third-order valence-corrected chi connectivity index (χ3v) is 14.4. The van der Waals surface area contributed by atoms with Crippen molar-refractivity contribution in [2.24, 2.45) is 21.9 Å². The molecule has 84 heavy (non-hydrogen) atoms. The zero-order valence-corrected chi connectivity index (χ0v) is 50.5. The molecule has 0 spiro atoms. The van der Waals surface area contributed by atoms with Crippen molar-refractivity contribution in [1.29, 1.82) is 0 Å². The van der Waals surface area contributed by atoms with Crippen molar-refractivity contribution >= 4 is 76.1 Å². The zero-order chi connectivity index (χ0) is 60.7. The summed E-state index contributed by atoms with van der Waals surface area (Å²) in [6.07, 6.45) is 2.04. The minimum Gasteiger partial charge on any atom is -0.481 e. The van der Waals surface area contributed by atoms with Crippen molar-refractivity contribution in [3.63, 3.8) is 0 Å². The number of aliphatic imine (C=N–C) groups is 1. The molecule has 5 rings (SSSR count). The Balaban J connectivity index is 1.12. The van der Waals surface area contributed by atoms with Gasteiger partial charge in [-0.05, 0) is 74.9 Å². The van der Waals surface area contributed by atoms with Crippen LogP contribution in [0.2, 0.25) is 0 Å². The Morgan fingerprint density at radius 1 is 0.595 bits per heavy atom. The average molecular weight is 1220 g/mol. The lowest BCUT2D eigenvalue weighted by Crippen LogP contribution is -2.67. The fourth-order valence-electron chi connectivity index (χ4n) is 9.35. The summed E-state index contributed by atoms with van der Waals surface area (Å²) in [5.74, 6) is -5.51. The number of guanidine groups is 1. The fourth-order valence-corrected chi connectivity index (χ4v) is 9.87. The molecule has 1 aromatic carbocycles. The topological polar surface area (TPSA) is 395 Å². The minimum atomic E-state index is -1.59. The normalized spacial score (nSPS) is 23.7. The van der Waals surface area contributed by atoms with Crippen molar-refractivity contribution in [3.8, 4) is 0 Å². The van der Waals surface area contributed by atoms with Crippen LogP contribution >= 0.6 is 24.4 Å². The third kappa shape index (κ3) is 30.9. The number of fused-ring (bicyclic) bond motifs is 15. The Hall–Kier alpha value is -5.67. The number of hydrogen-bond acceptors (Lipinski definition) is 18. The predicted molar refractivity (Wildman–Crippen MR) is 329 cm³/mol. The Labute approximate surface area is 505 Å². The van der Waals surface area contributed by atoms with Gasteiger partial charge in [0.15, 0.2) is 16.2 Å². The molecule has 4 aliphatic heterocycles. The largest absolute Gasteiger partial charge is 0.481 e. The average Bonchev–Trinajstić information content (AvgIpc) is 3.58. The highest BCUT2D eigenvalue weighted by Gasteiger charge is 2.34. The standard InChI is InChI=1S/C54H96N18O10S2/c1-53-33-57-18-21-60-36-54(37-61-22-19-58-34-53,38-62-23-20-59-35-53)72-52(84)66-17-9-25-81-27-29-82-28-26-80-24-8-16-65-51(83)64-14-6-5-12-41-47(77)69-40(13-7-15-63-50(55)56)46(76)67-32-44(73)68-43(31-45(74)75)49(79)71-42(48(78)70-41)30-39-10-3-2-4-11-39/h2-4,10-11,40-43,57-62H,5-9,12-38H2,1H3,(H,67,76)(H,68,73)(H,69,77)(H,70,78)(H,71,79)(H,74,75)(H4,55,56,63)(H2,64,65,83)(H2,66,72,84)/t40-,41-,42+,43-,53?,54?/m1/s1. The van der Waals surface area contributed by atoms with Crippen LogP contribution in [0, 0.1) is 5.41 Å². The van der Waals surface area contributed by atoms with Crippen molar-refractivity contribution in [3.05, 3.63) is 35.9 Å². The second kappa shape index (κ2) is 41.4. The number of carboxylic acid groups (broad SMARTS) is 1. The number of thiocarbonyl (C=S) groups is 2. The number of ether oxygens (including phenoxy) is 3. The molecule has 0 unspecified atom stereocenters. The van der Waals surface area contributed by atoms with Crippen LogP contribution in [0.4, 0.5) is 0 Å². The van der Waals surface area contributed by atoms with Gasteiger partial charge in [-0.3, -0.25) is 33.8 Å². The lowest BCUT2D eigenvalue weighted by Gasteiger charge is -2.38. The second-order valence-corrected chi connectivity index (χ2v) is 22.3. The van der Waals surface area contributed by atoms with E-state index in [1.165, 1.54) is 0 Å². The number of aliphatic carboxylic acids is 1. The molecule has 4 saturated heterocycles. The first-order valence-electron chi connectivity index (χ1n) is 29.4. The lowest BCUT2D eigenvalue weighted by molar-refractivity contribution is -0.141. The number of unbranched alkanes of at least 4 members (excludes halogenated alkanes) is 1. The zero-order valence-electron chi connectivity index (χ0n) is 48.9. The van der Waals surface area contributed by atoms with Gasteiger partial charge in [-0.15, -0.1) is 0 Å². The first-order chi connectivity index (χ1) is 40.5. The molecule has 4 aliphatic rings. The Morgan fingerprint density at radius 2 is 1.06 bits per heavy atom. The lowest BCUT2D eigenvalue weighted by atomic mass is 9.90. The molecular weight excluding hydrogens is 1120 g/mol. The number of carbonyl (C=O) groups is 6. The van der Waals surface area contributed by atoms with Gasteiger partial charge in [-0.25, -0.2) is 0 Å². The molecule has 474 valence electrons. The molecule has 0 saturated carbocycles. The monoisotopic (exact) mass is 1220 g/mol. The number of benzene rings is 1. The van der Waals surface area contributed by atoms with E-state index in [9.17, 15) is 33.9 Å². The minimum absolute atomic E-state index is 0.0265. The highest BCUT2D eigenvalue weighted by molar-refractivity contribution is 7.80. The number of rotatable bonds is 28. The molecule has 20 N–H and O–H groups in total. The maximum atomic E-state index is 14.1. The van der Waals surface area contributed by atoms with Gasteiger partial charge in [-0.2, -0.15) is 0 Å². The van der Waals surface area contributed by atoms with Gasteiger partial charge in [0.2, 0.25) is 29.5 Å². The highest BCUT2D eigenvalue weighted by atomic mass is 32.1. The molecule has 4 atom stereocenters. The van der Waals surface area contributed by atoms with Crippen LogP contribution in [0.3, 0.4) is 0 Å². The number of amides is 5. The predicted octanol–water partition coefficient (Wildman–Crippen LogP) is -4.94. The fraction of sp³-hybridized carbons (Fsp3) is 0.722. The van der Waals surface area contributed by atoms with E-state index in [1.54, 1.807) is 30.3 Å². The van der Waals surface area contributed by atoms with Crippen molar-refractivity contribution in [2.45, 2.75) is 94.4 Å². The number of nitrogens with two attached hydrogens (primary N) is 2. The van der Waals surface area contributed by atoms with Gasteiger partial charge in [0, 0.05) is 130 Å². The van der Waals surface area contributed by atoms with E-state index in [1.807, 2.05) is 0 Å². The van der Waals surface area contributed by atoms with Crippen LogP contribution in [0.15, 0.2) is 35.3 Å². The van der Waals surface area contributed by atoms with Crippen LogP contribution in [0.1, 0.15) is 63.9 Å². The Kier molecular flexibility index (Phi) is 34.9. The van der Waals surface area contributed by atoms with E-state index in [0.717, 1.165) is 85.0 Å². The van der Waals surface area contributed by atoms with Gasteiger partial charge in [0.05, 0.1) is 44.9 Å². The smallest absolute Gasteiger partial charge is 0.305 e. The molecular formula is C54H96N18O10S2. The van der Waals surface area contributed by atoms with Gasteiger partial charge < -0.3 is 111 Å². The number of nitrogens with zero attached hydrogens (tertiary/aromatic N) is 1. The number of carbonyl (C=O) groups excluding carboxylic acids is 5. The van der Waals surface area contributed by atoms with Crippen LogP contribution in [-0.2, 0) is 49.4 Å². The molecule has 4 fully saturated rings. The molecule has 28 nitrogen and oxygen atoms in total. The van der Waals surface area contributed by atoms with Crippen LogP contribution < -0.4 is 91.2 Å². The molecule has 0 aliphatic carbocycles. The maximum Gasteiger partial charge on any atom is 0.305 e. The van der Waals surface area contributed by atoms with E-state index < -0.39 is 72.6 Å². The number of hydrogen-bond donors (Lipinski definition) is 18. The van der Waals surface area contributed by atoms with Crippen molar-refractivity contribution in [2.75, 3.05) is 151 Å². The number of nitrogens with one attached hydrogen (secondary N) is 15. The van der Waals surface area contributed by atoms with E-state index in [-0.39, 0.29) is 49.1 Å². The molecule has 0 aromatic heterocycles. The van der Waals surface area contributed by atoms with Gasteiger partial charge in [0.25, 0.3) is 0 Å². The summed E-state index contributed by atoms with van der Waals surface area (Å²) in [6, 6.07) is 3.53. The van der Waals surface area contributed by atoms with Gasteiger partial charge >= 0.3 is 5.97 Å². The SMILES string of the molecule is CC12CNCCNCC(NC(=S)NCCCOCCOCCOCCCNC(=S)NCCCC[C@H]3NC(=O)[C@H](Cc4ccccc4)NC(=O)[C@@H](CC(=O)O)NC(=O)CNC(=O)[C@@H](CCCN=C(N)N)NC3=O)(CNCCNC1)CNCCNC2. The van der Waals surface area contributed by atoms with E-state index in [4.69, 9.17) is 50.1 Å². The maximum absolute atomic E-state index is 14.1. The molecule has 2 bridgehead atoms. The first-order valence-corrected chi connectivity index (χ1v) is 30.2. The van der Waals surface area contributed by atoms with Crippen molar-refractivity contribution in [1.82, 2.24) is 79.8 Å². The number of carboxylic acids is 1. The van der Waals surface area contributed by atoms with Crippen LogP contribution in [-0.4, -0.2) is 237 Å². The van der Waals surface area contributed by atoms with E-state index in [0.29, 0.717) is 94.3 Å². The molecule has 5 amide bonds. The second-order valence-electron chi connectivity index (χ2n) is 21.5. The molecule has 30 heteroatoms. The summed E-state index contributed by atoms with van der Waals surface area (Å²) in [4.78, 5) is 83.6. The summed E-state index contributed by atoms with van der Waals surface area (Å²) >= 11 is 11.3. The molecule has 4 heterocycles. The first kappa shape index (κ1) is 70.8. The quantitative estimate of drug-likeness (QED) is 0.0162. The summed E-state index contributed by atoms with van der Waals surface area (Å²) in [5, 5.41) is 58.6. The van der Waals surface area contributed by atoms with E-state index in [2.05, 4.69) is 91.7 Å². The summed E-state index contributed by atoms with van der Waals surface area (Å²) in [7, 11) is 0. The van der Waals surface area contributed by atoms with Crippen molar-refractivity contribution < 1.29 is 48.1 Å². The summed E-state index contributed by atoms with van der Waals surface area (Å²) in [5.41, 5.74) is 11.4. The summed E-state index contributed by atoms with van der Waals surface area (Å²) in [6.45, 7) is 16.7. The van der Waals surface area contributed by atoms with Crippen LogP contribution in [0.5, 0.6) is 0 Å². The molecule has 0 radical (unpaired) electrons. The molecule has 1 aromatic rings. The van der Waals surface area contributed by atoms with Gasteiger partial charge in [-0.1, -0.05) is 37.3 Å².